The second-order valence-corrected chi connectivity index (χ2v) is 8.01. The summed E-state index contributed by atoms with van der Waals surface area (Å²) in [6, 6.07) is 7.12. The van der Waals surface area contributed by atoms with Crippen LogP contribution in [-0.4, -0.2) is 15.0 Å². The van der Waals surface area contributed by atoms with Crippen molar-refractivity contribution in [3.8, 4) is 11.5 Å². The second kappa shape index (κ2) is 6.11. The minimum Gasteiger partial charge on any atom is -0.488 e. The third-order valence-corrected chi connectivity index (χ3v) is 3.75. The van der Waals surface area contributed by atoms with Crippen molar-refractivity contribution in [1.29, 1.82) is 0 Å². The average molecular weight is 376 g/mol. The molecule has 3 nitrogen and oxygen atoms in total. The van der Waals surface area contributed by atoms with E-state index >= 15 is 0 Å². The number of ether oxygens (including phenoxy) is 2. The molecule has 0 heterocycles. The van der Waals surface area contributed by atoms with Gasteiger partial charge in [-0.2, -0.15) is 0 Å². The second-order valence-electron chi connectivity index (χ2n) is 5.63. The van der Waals surface area contributed by atoms with E-state index in [1.165, 1.54) is 0 Å². The van der Waals surface area contributed by atoms with E-state index < -0.39 is 3.42 Å². The molecule has 1 unspecified atom stereocenters. The number of alkyl halides is 1. The van der Waals surface area contributed by atoms with Crippen molar-refractivity contribution >= 4 is 28.6 Å². The first-order valence-corrected chi connectivity index (χ1v) is 7.42. The fraction of sp³-hybridized carbons (Fsp3) is 0.533. The summed E-state index contributed by atoms with van der Waals surface area (Å²) in [5, 5.41) is 0. The smallest absolute Gasteiger partial charge is 0.327 e. The lowest BCUT2D eigenvalue weighted by Crippen LogP contribution is -2.31. The maximum absolute atomic E-state index is 11.9. The number of hydrogen-bond acceptors (Lipinski definition) is 3. The van der Waals surface area contributed by atoms with Gasteiger partial charge in [0.25, 0.3) is 0 Å². The van der Waals surface area contributed by atoms with Crippen molar-refractivity contribution in [1.82, 2.24) is 0 Å². The number of hydrogen-bond donors (Lipinski definition) is 0. The fourth-order valence-electron chi connectivity index (χ4n) is 1.29. The minimum atomic E-state index is -0.488. The van der Waals surface area contributed by atoms with Gasteiger partial charge in [0.05, 0.1) is 0 Å². The van der Waals surface area contributed by atoms with Crippen molar-refractivity contribution in [2.75, 3.05) is 0 Å². The van der Waals surface area contributed by atoms with Crippen molar-refractivity contribution in [2.45, 2.75) is 50.1 Å². The van der Waals surface area contributed by atoms with E-state index in [9.17, 15) is 4.79 Å². The predicted octanol–water partition coefficient (Wildman–Crippen LogP) is 4.37. The molecule has 4 heteroatoms. The highest BCUT2D eigenvalue weighted by molar-refractivity contribution is 14.1. The molecule has 0 radical (unpaired) electrons. The largest absolute Gasteiger partial charge is 0.488 e. The van der Waals surface area contributed by atoms with Crippen LogP contribution in [0, 0.1) is 0 Å². The van der Waals surface area contributed by atoms with Crippen molar-refractivity contribution in [3.63, 3.8) is 0 Å². The molecule has 0 amide bonds. The van der Waals surface area contributed by atoms with Crippen LogP contribution in [-0.2, 0) is 4.79 Å². The van der Waals surface area contributed by atoms with Crippen LogP contribution in [0.3, 0.4) is 0 Å². The zero-order valence-electron chi connectivity index (χ0n) is 12.1. The molecule has 0 aliphatic carbocycles. The van der Waals surface area contributed by atoms with E-state index in [1.807, 2.05) is 46.8 Å². The topological polar surface area (TPSA) is 35.5 Å². The Labute approximate surface area is 128 Å². The molecule has 0 N–H and O–H groups in total. The van der Waals surface area contributed by atoms with Crippen LogP contribution in [0.15, 0.2) is 24.3 Å². The zero-order valence-corrected chi connectivity index (χ0v) is 14.3. The van der Waals surface area contributed by atoms with E-state index in [0.29, 0.717) is 5.75 Å². The number of carbonyl (C=O) groups excluding carboxylic acids is 1. The molecule has 19 heavy (non-hydrogen) atoms. The van der Waals surface area contributed by atoms with Crippen LogP contribution in [0.5, 0.6) is 11.5 Å². The SMILES string of the molecule is CCC(C)(I)C(=O)Oc1ccc(OC(C)(C)C)cc1. The molecule has 1 aromatic rings. The Kier molecular flexibility index (Phi) is 5.24. The van der Waals surface area contributed by atoms with Crippen molar-refractivity contribution < 1.29 is 14.3 Å². The first-order chi connectivity index (χ1) is 8.64. The van der Waals surface area contributed by atoms with Gasteiger partial charge in [-0.25, -0.2) is 0 Å². The summed E-state index contributed by atoms with van der Waals surface area (Å²) in [5.74, 6) is 1.09. The normalized spacial score (nSPS) is 14.6. The summed E-state index contributed by atoms with van der Waals surface area (Å²) >= 11 is 2.12. The third-order valence-electron chi connectivity index (χ3n) is 2.55. The maximum atomic E-state index is 11.9. The molecule has 1 rings (SSSR count). The minimum absolute atomic E-state index is 0.222. The molecule has 0 aromatic heterocycles. The highest BCUT2D eigenvalue weighted by Crippen LogP contribution is 2.27. The van der Waals surface area contributed by atoms with E-state index in [1.54, 1.807) is 12.1 Å². The summed E-state index contributed by atoms with van der Waals surface area (Å²) in [5.41, 5.74) is -0.235. The van der Waals surface area contributed by atoms with Gasteiger partial charge in [-0.1, -0.05) is 29.5 Å². The van der Waals surface area contributed by atoms with Crippen LogP contribution < -0.4 is 9.47 Å². The Hall–Kier alpha value is -0.780. The molecular weight excluding hydrogens is 355 g/mol. The Balaban J connectivity index is 2.70. The predicted molar refractivity (Wildman–Crippen MR) is 85.2 cm³/mol. The first-order valence-electron chi connectivity index (χ1n) is 6.34. The van der Waals surface area contributed by atoms with Crippen molar-refractivity contribution in [2.24, 2.45) is 0 Å². The van der Waals surface area contributed by atoms with E-state index in [2.05, 4.69) is 22.6 Å². The van der Waals surface area contributed by atoms with Crippen LogP contribution in [0.2, 0.25) is 0 Å². The van der Waals surface area contributed by atoms with Gasteiger partial charge in [-0.05, 0) is 58.4 Å². The van der Waals surface area contributed by atoms with Crippen molar-refractivity contribution in [3.05, 3.63) is 24.3 Å². The van der Waals surface area contributed by atoms with E-state index in [-0.39, 0.29) is 11.6 Å². The third kappa shape index (κ3) is 5.38. The van der Waals surface area contributed by atoms with Gasteiger partial charge < -0.3 is 9.47 Å². The van der Waals surface area contributed by atoms with Gasteiger partial charge in [0.2, 0.25) is 0 Å². The molecule has 0 saturated heterocycles. The highest BCUT2D eigenvalue weighted by atomic mass is 127. The fourth-order valence-corrected chi connectivity index (χ4v) is 1.40. The molecule has 1 aromatic carbocycles. The molecule has 0 fully saturated rings. The van der Waals surface area contributed by atoms with Gasteiger partial charge in [0.15, 0.2) is 0 Å². The molecule has 0 aliphatic heterocycles. The first kappa shape index (κ1) is 16.3. The van der Waals surface area contributed by atoms with Gasteiger partial charge in [-0.15, -0.1) is 0 Å². The standard InChI is InChI=1S/C15H21IO3/c1-6-15(5,16)13(17)18-11-7-9-12(10-8-11)19-14(2,3)4/h7-10H,6H2,1-5H3. The quantitative estimate of drug-likeness (QED) is 0.339. The average Bonchev–Trinajstić information content (AvgIpc) is 2.29. The summed E-state index contributed by atoms with van der Waals surface area (Å²) in [6.45, 7) is 9.80. The lowest BCUT2D eigenvalue weighted by Gasteiger charge is -2.21. The summed E-state index contributed by atoms with van der Waals surface area (Å²) in [4.78, 5) is 11.9. The number of halogens is 1. The summed E-state index contributed by atoms with van der Waals surface area (Å²) < 4.78 is 10.6. The Bertz CT molecular complexity index is 430. The number of carbonyl (C=O) groups is 1. The number of benzene rings is 1. The Morgan fingerprint density at radius 2 is 1.58 bits per heavy atom. The molecule has 0 spiro atoms. The Morgan fingerprint density at radius 3 is 2.00 bits per heavy atom. The molecular formula is C15H21IO3. The molecule has 0 saturated carbocycles. The van der Waals surface area contributed by atoms with E-state index in [0.717, 1.165) is 12.2 Å². The zero-order chi connectivity index (χ0) is 14.7. The monoisotopic (exact) mass is 376 g/mol. The van der Waals surface area contributed by atoms with Crippen LogP contribution in [0.25, 0.3) is 0 Å². The van der Waals surface area contributed by atoms with Gasteiger partial charge in [0.1, 0.15) is 20.5 Å². The van der Waals surface area contributed by atoms with Gasteiger partial charge in [0, 0.05) is 0 Å². The molecule has 0 aliphatic rings. The van der Waals surface area contributed by atoms with Crippen LogP contribution in [0.1, 0.15) is 41.0 Å². The van der Waals surface area contributed by atoms with Gasteiger partial charge >= 0.3 is 5.97 Å². The molecule has 1 atom stereocenters. The number of esters is 1. The van der Waals surface area contributed by atoms with E-state index in [4.69, 9.17) is 9.47 Å². The maximum Gasteiger partial charge on any atom is 0.327 e. The summed E-state index contributed by atoms with van der Waals surface area (Å²) in [6.07, 6.45) is 0.734. The number of rotatable bonds is 4. The van der Waals surface area contributed by atoms with Crippen LogP contribution >= 0.6 is 22.6 Å². The molecule has 0 bridgehead atoms. The van der Waals surface area contributed by atoms with Crippen LogP contribution in [0.4, 0.5) is 0 Å². The lowest BCUT2D eigenvalue weighted by molar-refractivity contribution is -0.136. The van der Waals surface area contributed by atoms with Gasteiger partial charge in [-0.3, -0.25) is 4.79 Å². The summed E-state index contributed by atoms with van der Waals surface area (Å²) in [7, 11) is 0. The Morgan fingerprint density at radius 1 is 1.11 bits per heavy atom. The highest BCUT2D eigenvalue weighted by Gasteiger charge is 2.29. The lowest BCUT2D eigenvalue weighted by atomic mass is 10.1. The molecule has 106 valence electrons.